The summed E-state index contributed by atoms with van der Waals surface area (Å²) in [6.07, 6.45) is -0.648. The van der Waals surface area contributed by atoms with Crippen LogP contribution in [0.15, 0.2) is 6.07 Å². The summed E-state index contributed by atoms with van der Waals surface area (Å²) in [6.45, 7) is 0. The number of rotatable bonds is 2. The molecule has 0 fully saturated rings. The molecule has 0 heterocycles. The molecular weight excluding hydrogens is 205 g/mol. The second-order valence-electron chi connectivity index (χ2n) is 2.79. The fourth-order valence-electron chi connectivity index (χ4n) is 1.19. The van der Waals surface area contributed by atoms with E-state index in [1.165, 1.54) is 0 Å². The van der Waals surface area contributed by atoms with Crippen LogP contribution in [0.25, 0.3) is 0 Å². The Labute approximate surface area is 84.2 Å². The van der Waals surface area contributed by atoms with E-state index in [4.69, 9.17) is 10.5 Å². The monoisotopic (exact) mass is 210 g/mol. The van der Waals surface area contributed by atoms with Gasteiger partial charge in [-0.1, -0.05) is 0 Å². The highest BCUT2D eigenvalue weighted by Crippen LogP contribution is 2.20. The van der Waals surface area contributed by atoms with Gasteiger partial charge in [0.2, 0.25) is 0 Å². The topological polar surface area (TPSA) is 47.6 Å². The third-order valence-electron chi connectivity index (χ3n) is 1.88. The van der Waals surface area contributed by atoms with Gasteiger partial charge in [0.25, 0.3) is 0 Å². The molecule has 0 spiro atoms. The Morgan fingerprint density at radius 1 is 1.00 bits per heavy atom. The summed E-state index contributed by atoms with van der Waals surface area (Å²) in [5, 5.41) is 16.8. The first kappa shape index (κ1) is 11.1. The molecule has 0 aromatic heterocycles. The fraction of sp³-hybridized carbons (Fsp3) is 0.200. The van der Waals surface area contributed by atoms with Crippen molar-refractivity contribution in [3.05, 3.63) is 34.6 Å². The first-order valence-corrected chi connectivity index (χ1v) is 4.01. The third-order valence-corrected chi connectivity index (χ3v) is 1.88. The van der Waals surface area contributed by atoms with Gasteiger partial charge in [-0.3, -0.25) is 0 Å². The van der Waals surface area contributed by atoms with Crippen molar-refractivity contribution in [1.82, 2.24) is 0 Å². The maximum Gasteiger partial charge on any atom is 0.194 e. The quantitative estimate of drug-likeness (QED) is 0.702. The zero-order valence-electron chi connectivity index (χ0n) is 7.52. The molecule has 0 unspecified atom stereocenters. The highest BCUT2D eigenvalue weighted by Gasteiger charge is 2.17. The van der Waals surface area contributed by atoms with Crippen molar-refractivity contribution < 1.29 is 13.2 Å². The number of halogens is 3. The van der Waals surface area contributed by atoms with Gasteiger partial charge in [0.05, 0.1) is 25.0 Å². The lowest BCUT2D eigenvalue weighted by molar-refractivity contribution is 0.440. The molecule has 1 rings (SSSR count). The van der Waals surface area contributed by atoms with Crippen molar-refractivity contribution in [1.29, 1.82) is 10.5 Å². The molecule has 5 heteroatoms. The van der Waals surface area contributed by atoms with Gasteiger partial charge >= 0.3 is 0 Å². The van der Waals surface area contributed by atoms with Crippen molar-refractivity contribution in [3.63, 3.8) is 0 Å². The highest BCUT2D eigenvalue weighted by atomic mass is 19.2. The van der Waals surface area contributed by atoms with Crippen molar-refractivity contribution in [3.8, 4) is 12.1 Å². The molecule has 0 atom stereocenters. The van der Waals surface area contributed by atoms with Crippen LogP contribution in [0.5, 0.6) is 0 Å². The number of hydrogen-bond donors (Lipinski definition) is 0. The summed E-state index contributed by atoms with van der Waals surface area (Å²) in [5.74, 6) is -4.34. The van der Waals surface area contributed by atoms with Crippen LogP contribution < -0.4 is 0 Å². The molecule has 76 valence electrons. The largest absolute Gasteiger partial charge is 0.204 e. The van der Waals surface area contributed by atoms with Crippen molar-refractivity contribution in [2.75, 3.05) is 0 Å². The Bertz CT molecular complexity index is 469. The fourth-order valence-corrected chi connectivity index (χ4v) is 1.19. The summed E-state index contributed by atoms with van der Waals surface area (Å²) >= 11 is 0. The van der Waals surface area contributed by atoms with Gasteiger partial charge < -0.3 is 0 Å². The van der Waals surface area contributed by atoms with E-state index in [1.807, 2.05) is 0 Å². The van der Waals surface area contributed by atoms with Crippen LogP contribution in [-0.4, -0.2) is 0 Å². The summed E-state index contributed by atoms with van der Waals surface area (Å²) < 4.78 is 38.7. The van der Waals surface area contributed by atoms with E-state index < -0.39 is 17.5 Å². The van der Waals surface area contributed by atoms with Crippen molar-refractivity contribution in [2.24, 2.45) is 0 Å². The summed E-state index contributed by atoms with van der Waals surface area (Å²) in [6, 6.07) is 4.07. The van der Waals surface area contributed by atoms with Gasteiger partial charge in [0.15, 0.2) is 17.5 Å². The maximum absolute atomic E-state index is 13.2. The van der Waals surface area contributed by atoms with Crippen LogP contribution in [0, 0.1) is 40.1 Å². The van der Waals surface area contributed by atoms with Gasteiger partial charge in [-0.05, 0) is 11.6 Å². The van der Waals surface area contributed by atoms with Gasteiger partial charge in [0.1, 0.15) is 0 Å². The van der Waals surface area contributed by atoms with Crippen LogP contribution in [0.4, 0.5) is 13.2 Å². The Kier molecular flexibility index (Phi) is 3.30. The van der Waals surface area contributed by atoms with E-state index >= 15 is 0 Å². The molecule has 0 bridgehead atoms. The molecule has 0 amide bonds. The van der Waals surface area contributed by atoms with Crippen LogP contribution in [0.1, 0.15) is 11.1 Å². The molecule has 0 saturated heterocycles. The molecule has 2 nitrogen and oxygen atoms in total. The van der Waals surface area contributed by atoms with Crippen LogP contribution in [0.3, 0.4) is 0 Å². The second kappa shape index (κ2) is 4.47. The van der Waals surface area contributed by atoms with E-state index in [1.54, 1.807) is 12.1 Å². The minimum absolute atomic E-state index is 0.00968. The average molecular weight is 210 g/mol. The lowest BCUT2D eigenvalue weighted by Gasteiger charge is -2.06. The van der Waals surface area contributed by atoms with E-state index in [0.717, 1.165) is 6.07 Å². The van der Waals surface area contributed by atoms with E-state index in [0.29, 0.717) is 0 Å². The minimum Gasteiger partial charge on any atom is -0.204 e. The van der Waals surface area contributed by atoms with Crippen LogP contribution in [-0.2, 0) is 12.8 Å². The van der Waals surface area contributed by atoms with Crippen molar-refractivity contribution >= 4 is 0 Å². The third kappa shape index (κ3) is 2.08. The molecule has 0 aliphatic heterocycles. The first-order valence-electron chi connectivity index (χ1n) is 4.01. The molecule has 1 aromatic carbocycles. The smallest absolute Gasteiger partial charge is 0.194 e. The summed E-state index contributed by atoms with van der Waals surface area (Å²) in [5.41, 5.74) is -0.242. The number of benzene rings is 1. The first-order chi connectivity index (χ1) is 7.11. The summed E-state index contributed by atoms with van der Waals surface area (Å²) in [4.78, 5) is 0. The molecule has 1 aromatic rings. The normalized spacial score (nSPS) is 9.40. The number of nitriles is 2. The lowest BCUT2D eigenvalue weighted by Crippen LogP contribution is -2.03. The Hall–Kier alpha value is -2.01. The minimum atomic E-state index is -1.61. The zero-order valence-corrected chi connectivity index (χ0v) is 7.52. The molecule has 0 N–H and O–H groups in total. The molecule has 0 radical (unpaired) electrons. The van der Waals surface area contributed by atoms with Gasteiger partial charge in [0, 0.05) is 5.56 Å². The van der Waals surface area contributed by atoms with E-state index in [-0.39, 0.29) is 24.0 Å². The molecule has 0 aliphatic carbocycles. The Morgan fingerprint density at radius 2 is 1.60 bits per heavy atom. The predicted molar refractivity (Wildman–Crippen MR) is 45.0 cm³/mol. The van der Waals surface area contributed by atoms with E-state index in [9.17, 15) is 13.2 Å². The molecule has 0 aliphatic rings. The van der Waals surface area contributed by atoms with Gasteiger partial charge in [-0.15, -0.1) is 0 Å². The van der Waals surface area contributed by atoms with Crippen molar-refractivity contribution in [2.45, 2.75) is 12.8 Å². The average Bonchev–Trinajstić information content (AvgIpc) is 2.21. The van der Waals surface area contributed by atoms with Gasteiger partial charge in [-0.2, -0.15) is 10.5 Å². The highest BCUT2D eigenvalue weighted by molar-refractivity contribution is 5.34. The lowest BCUT2D eigenvalue weighted by atomic mass is 10.0. The second-order valence-corrected chi connectivity index (χ2v) is 2.79. The number of hydrogen-bond acceptors (Lipinski definition) is 2. The molecule has 0 saturated carbocycles. The molecule has 15 heavy (non-hydrogen) atoms. The van der Waals surface area contributed by atoms with Gasteiger partial charge in [-0.25, -0.2) is 13.2 Å². The maximum atomic E-state index is 13.2. The van der Waals surface area contributed by atoms with E-state index in [2.05, 4.69) is 0 Å². The zero-order chi connectivity index (χ0) is 11.4. The number of nitrogens with zero attached hydrogens (tertiary/aromatic N) is 2. The summed E-state index contributed by atoms with van der Waals surface area (Å²) in [7, 11) is 0. The Morgan fingerprint density at radius 3 is 2.13 bits per heavy atom. The SMILES string of the molecule is N#CCc1cc(F)c(F)c(F)c1CC#N. The standard InChI is InChI=1S/C10H5F3N2/c11-8-5-6(1-3-14)7(2-4-15)9(12)10(8)13/h5H,1-2H2. The van der Waals surface area contributed by atoms with Crippen LogP contribution >= 0.6 is 0 Å². The Balaban J connectivity index is 3.39. The van der Waals surface area contributed by atoms with Crippen LogP contribution in [0.2, 0.25) is 0 Å². The predicted octanol–water partition coefficient (Wildman–Crippen LogP) is 2.24. The molecular formula is C10H5F3N2.